The zero-order chi connectivity index (χ0) is 23.9. The van der Waals surface area contributed by atoms with Gasteiger partial charge in [-0.1, -0.05) is 58.0 Å². The largest absolute Gasteiger partial charge is 0.325 e. The first-order valence-electron chi connectivity index (χ1n) is 10.7. The van der Waals surface area contributed by atoms with Crippen molar-refractivity contribution in [1.29, 1.82) is 0 Å². The molecule has 0 bridgehead atoms. The van der Waals surface area contributed by atoms with Crippen LogP contribution in [-0.4, -0.2) is 29.4 Å². The first-order chi connectivity index (χ1) is 15.0. The lowest BCUT2D eigenvalue weighted by Gasteiger charge is -2.23. The first kappa shape index (κ1) is 28.7. The van der Waals surface area contributed by atoms with Gasteiger partial charge in [-0.15, -0.1) is 12.4 Å². The van der Waals surface area contributed by atoms with Gasteiger partial charge in [0, 0.05) is 29.0 Å². The van der Waals surface area contributed by atoms with Gasteiger partial charge in [-0.3, -0.25) is 14.4 Å². The molecule has 0 heterocycles. The maximum atomic E-state index is 13.2. The van der Waals surface area contributed by atoms with Gasteiger partial charge in [-0.25, -0.2) is 0 Å². The summed E-state index contributed by atoms with van der Waals surface area (Å²) in [5.41, 5.74) is 7.46. The van der Waals surface area contributed by atoms with E-state index < -0.39 is 11.9 Å². The van der Waals surface area contributed by atoms with Crippen LogP contribution in [0.5, 0.6) is 0 Å². The van der Waals surface area contributed by atoms with Crippen LogP contribution in [0.2, 0.25) is 0 Å². The van der Waals surface area contributed by atoms with Crippen LogP contribution < -0.4 is 16.4 Å². The molecule has 0 aliphatic carbocycles. The maximum Gasteiger partial charge on any atom is 0.242 e. The Balaban J connectivity index is 0.00000544. The van der Waals surface area contributed by atoms with Crippen LogP contribution in [0.1, 0.15) is 56.5 Å². The topological polar surface area (TPSA) is 101 Å². The second-order valence-corrected chi connectivity index (χ2v) is 9.72. The number of amides is 2. The van der Waals surface area contributed by atoms with Gasteiger partial charge >= 0.3 is 0 Å². The predicted octanol–water partition coefficient (Wildman–Crippen LogP) is 4.94. The fourth-order valence-electron chi connectivity index (χ4n) is 3.62. The lowest BCUT2D eigenvalue weighted by atomic mass is 9.84. The van der Waals surface area contributed by atoms with Gasteiger partial charge in [0.25, 0.3) is 0 Å². The van der Waals surface area contributed by atoms with Gasteiger partial charge in [0.1, 0.15) is 0 Å². The molecular formula is C25H34ClN3O3S. The molecule has 4 N–H and O–H groups in total. The van der Waals surface area contributed by atoms with Crippen LogP contribution in [0.15, 0.2) is 48.5 Å². The Bertz CT molecular complexity index is 961. The van der Waals surface area contributed by atoms with E-state index in [-0.39, 0.29) is 41.2 Å². The summed E-state index contributed by atoms with van der Waals surface area (Å²) in [6.07, 6.45) is 1.26. The standard InChI is InChI=1S/C25H33N3O3S.ClH/c1-16(14-25(2,3)4)12-22(29)28-21-11-10-18(27-24(31)20(26)15-32)13-19(21)23(30)17-8-6-5-7-9-17;/h5-11,13,16,20,32H,12,14-15,26H2,1-4H3,(H,27,31)(H,28,29);1H/t16?,20-;/m0./s1. The Morgan fingerprint density at radius 3 is 2.24 bits per heavy atom. The molecule has 6 nitrogen and oxygen atoms in total. The first-order valence-corrected chi connectivity index (χ1v) is 11.3. The molecule has 0 aliphatic heterocycles. The summed E-state index contributed by atoms with van der Waals surface area (Å²) in [4.78, 5) is 38.0. The third-order valence-corrected chi connectivity index (χ3v) is 5.26. The molecular weight excluding hydrogens is 458 g/mol. The quantitative estimate of drug-likeness (QED) is 0.295. The minimum Gasteiger partial charge on any atom is -0.325 e. The molecule has 180 valence electrons. The van der Waals surface area contributed by atoms with Crippen LogP contribution >= 0.6 is 25.0 Å². The molecule has 2 aromatic rings. The van der Waals surface area contributed by atoms with Crippen LogP contribution in [0.25, 0.3) is 0 Å². The zero-order valence-corrected chi connectivity index (χ0v) is 21.3. The summed E-state index contributed by atoms with van der Waals surface area (Å²) in [5, 5.41) is 5.58. The number of carbonyl (C=O) groups is 3. The number of hydrogen-bond acceptors (Lipinski definition) is 5. The average molecular weight is 492 g/mol. The van der Waals surface area contributed by atoms with E-state index >= 15 is 0 Å². The minimum absolute atomic E-state index is 0. The van der Waals surface area contributed by atoms with Crippen molar-refractivity contribution in [1.82, 2.24) is 0 Å². The fourth-order valence-corrected chi connectivity index (χ4v) is 3.78. The van der Waals surface area contributed by atoms with E-state index in [2.05, 4.69) is 44.0 Å². The van der Waals surface area contributed by atoms with Crippen molar-refractivity contribution >= 4 is 54.0 Å². The molecule has 0 aromatic heterocycles. The number of nitrogens with two attached hydrogens (primary N) is 1. The number of benzene rings is 2. The van der Waals surface area contributed by atoms with Gasteiger partial charge in [0.15, 0.2) is 5.78 Å². The van der Waals surface area contributed by atoms with E-state index in [0.717, 1.165) is 6.42 Å². The van der Waals surface area contributed by atoms with Gasteiger partial charge < -0.3 is 16.4 Å². The number of carbonyl (C=O) groups excluding carboxylic acids is 3. The summed E-state index contributed by atoms with van der Waals surface area (Å²) < 4.78 is 0. The molecule has 2 rings (SSSR count). The molecule has 0 aliphatic rings. The number of ketones is 1. The van der Waals surface area contributed by atoms with Gasteiger partial charge in [-0.2, -0.15) is 12.6 Å². The third kappa shape index (κ3) is 9.20. The fraction of sp³-hybridized carbons (Fsp3) is 0.400. The zero-order valence-electron chi connectivity index (χ0n) is 19.6. The molecule has 2 aromatic carbocycles. The summed E-state index contributed by atoms with van der Waals surface area (Å²) in [7, 11) is 0. The molecule has 0 fully saturated rings. The number of hydrogen-bond donors (Lipinski definition) is 4. The van der Waals surface area contributed by atoms with Crippen molar-refractivity contribution in [3.63, 3.8) is 0 Å². The second kappa shape index (κ2) is 12.8. The van der Waals surface area contributed by atoms with Crippen molar-refractivity contribution < 1.29 is 14.4 Å². The normalized spacial score (nSPS) is 12.8. The monoisotopic (exact) mass is 491 g/mol. The SMILES string of the molecule is CC(CC(=O)Nc1ccc(NC(=O)[C@@H](N)CS)cc1C(=O)c1ccccc1)CC(C)(C)C.Cl. The molecule has 2 amide bonds. The summed E-state index contributed by atoms with van der Waals surface area (Å²) in [6, 6.07) is 12.9. The lowest BCUT2D eigenvalue weighted by molar-refractivity contribution is -0.117. The molecule has 8 heteroatoms. The van der Waals surface area contributed by atoms with Crippen LogP contribution in [0, 0.1) is 11.3 Å². The molecule has 0 saturated carbocycles. The Morgan fingerprint density at radius 2 is 1.67 bits per heavy atom. The van der Waals surface area contributed by atoms with Crippen molar-refractivity contribution in [3.05, 3.63) is 59.7 Å². The Kier molecular flexibility index (Phi) is 11.1. The van der Waals surface area contributed by atoms with Crippen molar-refractivity contribution in [2.75, 3.05) is 16.4 Å². The number of anilines is 2. The molecule has 0 radical (unpaired) electrons. The highest BCUT2D eigenvalue weighted by atomic mass is 35.5. The number of rotatable bonds is 9. The Labute approximate surface area is 207 Å². The van der Waals surface area contributed by atoms with Crippen molar-refractivity contribution in [2.45, 2.75) is 46.6 Å². The van der Waals surface area contributed by atoms with E-state index in [1.807, 2.05) is 13.0 Å². The average Bonchev–Trinajstić information content (AvgIpc) is 2.72. The van der Waals surface area contributed by atoms with Gasteiger partial charge in [0.05, 0.1) is 11.7 Å². The summed E-state index contributed by atoms with van der Waals surface area (Å²) in [5.74, 6) is -0.408. The third-order valence-electron chi connectivity index (χ3n) is 4.87. The molecule has 2 atom stereocenters. The predicted molar refractivity (Wildman–Crippen MR) is 141 cm³/mol. The van der Waals surface area contributed by atoms with E-state index in [1.54, 1.807) is 42.5 Å². The van der Waals surface area contributed by atoms with Crippen LogP contribution in [0.3, 0.4) is 0 Å². The van der Waals surface area contributed by atoms with Crippen molar-refractivity contribution in [2.24, 2.45) is 17.1 Å². The molecule has 1 unspecified atom stereocenters. The maximum absolute atomic E-state index is 13.2. The van der Waals surface area contributed by atoms with Gasteiger partial charge in [-0.05, 0) is 36.0 Å². The van der Waals surface area contributed by atoms with Crippen LogP contribution in [-0.2, 0) is 9.59 Å². The van der Waals surface area contributed by atoms with E-state index in [4.69, 9.17) is 5.73 Å². The Morgan fingerprint density at radius 1 is 1.03 bits per heavy atom. The van der Waals surface area contributed by atoms with E-state index in [0.29, 0.717) is 28.9 Å². The minimum atomic E-state index is -0.768. The summed E-state index contributed by atoms with van der Waals surface area (Å²) >= 11 is 4.04. The number of halogens is 1. The van der Waals surface area contributed by atoms with Crippen LogP contribution in [0.4, 0.5) is 11.4 Å². The summed E-state index contributed by atoms with van der Waals surface area (Å²) in [6.45, 7) is 8.48. The highest BCUT2D eigenvalue weighted by Crippen LogP contribution is 2.28. The van der Waals surface area contributed by atoms with Crippen molar-refractivity contribution in [3.8, 4) is 0 Å². The second-order valence-electron chi connectivity index (χ2n) is 9.36. The Hall–Kier alpha value is -2.35. The molecule has 33 heavy (non-hydrogen) atoms. The molecule has 0 saturated heterocycles. The van der Waals surface area contributed by atoms with E-state index in [9.17, 15) is 14.4 Å². The number of nitrogens with one attached hydrogen (secondary N) is 2. The smallest absolute Gasteiger partial charge is 0.242 e. The highest BCUT2D eigenvalue weighted by Gasteiger charge is 2.21. The van der Waals surface area contributed by atoms with E-state index in [1.165, 1.54) is 0 Å². The lowest BCUT2D eigenvalue weighted by Crippen LogP contribution is -2.37. The molecule has 0 spiro atoms. The highest BCUT2D eigenvalue weighted by molar-refractivity contribution is 7.80. The van der Waals surface area contributed by atoms with Gasteiger partial charge in [0.2, 0.25) is 11.8 Å². The number of thiol groups is 1.